The Balaban J connectivity index is 1.74. The lowest BCUT2D eigenvalue weighted by Crippen LogP contribution is -2.11. The molecule has 4 rings (SSSR count). The fraction of sp³-hybridized carbons (Fsp3) is 0.0455. The Bertz CT molecular complexity index is 1180. The van der Waals surface area contributed by atoms with Crippen molar-refractivity contribution in [2.75, 3.05) is 11.1 Å². The van der Waals surface area contributed by atoms with Crippen molar-refractivity contribution < 1.29 is 9.59 Å². The van der Waals surface area contributed by atoms with E-state index in [0.29, 0.717) is 28.0 Å². The molecular weight excluding hydrogens is 352 g/mol. The summed E-state index contributed by atoms with van der Waals surface area (Å²) in [5.41, 5.74) is 9.36. The molecule has 3 N–H and O–H groups in total. The highest BCUT2D eigenvalue weighted by molar-refractivity contribution is 6.08. The van der Waals surface area contributed by atoms with Crippen molar-refractivity contribution in [2.24, 2.45) is 0 Å². The lowest BCUT2D eigenvalue weighted by molar-refractivity contribution is 0.101. The number of carbonyl (C=O) groups is 2. The fourth-order valence-electron chi connectivity index (χ4n) is 3.06. The molecule has 0 fully saturated rings. The Morgan fingerprint density at radius 3 is 2.36 bits per heavy atom. The summed E-state index contributed by atoms with van der Waals surface area (Å²) in [7, 11) is 0. The van der Waals surface area contributed by atoms with Crippen molar-refractivity contribution in [3.63, 3.8) is 0 Å². The zero-order valence-corrected chi connectivity index (χ0v) is 15.2. The van der Waals surface area contributed by atoms with Crippen LogP contribution in [-0.2, 0) is 0 Å². The van der Waals surface area contributed by atoms with Crippen molar-refractivity contribution in [3.05, 3.63) is 84.1 Å². The van der Waals surface area contributed by atoms with E-state index in [-0.39, 0.29) is 11.7 Å². The second-order valence-electron chi connectivity index (χ2n) is 6.46. The summed E-state index contributed by atoms with van der Waals surface area (Å²) in [6.07, 6.45) is 0. The molecule has 0 spiro atoms. The van der Waals surface area contributed by atoms with E-state index >= 15 is 0 Å². The standard InChI is InChI=1S/C22H18N4O2/c1-14(27)21-19-13-17(24-22(28)15-7-9-16(23)10-8-15)11-12-20(19)26(25-21)18-5-3-2-4-6-18/h2-13H,23H2,1H3,(H,24,28). The van der Waals surface area contributed by atoms with Gasteiger partial charge in [-0.3, -0.25) is 9.59 Å². The van der Waals surface area contributed by atoms with E-state index in [1.807, 2.05) is 36.4 Å². The summed E-state index contributed by atoms with van der Waals surface area (Å²) in [6.45, 7) is 1.48. The third kappa shape index (κ3) is 3.23. The maximum absolute atomic E-state index is 12.5. The molecule has 4 aromatic rings. The minimum Gasteiger partial charge on any atom is -0.399 e. The fourth-order valence-corrected chi connectivity index (χ4v) is 3.06. The van der Waals surface area contributed by atoms with Gasteiger partial charge in [0.2, 0.25) is 0 Å². The van der Waals surface area contributed by atoms with E-state index in [9.17, 15) is 9.59 Å². The normalized spacial score (nSPS) is 10.8. The number of nitrogens with zero attached hydrogens (tertiary/aromatic N) is 2. The smallest absolute Gasteiger partial charge is 0.255 e. The van der Waals surface area contributed by atoms with Crippen LogP contribution in [0.4, 0.5) is 11.4 Å². The van der Waals surface area contributed by atoms with Crippen LogP contribution in [-0.4, -0.2) is 21.5 Å². The molecule has 0 aliphatic rings. The van der Waals surface area contributed by atoms with Crippen molar-refractivity contribution in [1.29, 1.82) is 0 Å². The first kappa shape index (κ1) is 17.5. The number of aromatic nitrogens is 2. The molecule has 138 valence electrons. The van der Waals surface area contributed by atoms with Crippen molar-refractivity contribution >= 4 is 34.0 Å². The third-order valence-electron chi connectivity index (χ3n) is 4.44. The Morgan fingerprint density at radius 2 is 1.68 bits per heavy atom. The number of para-hydroxylation sites is 1. The van der Waals surface area contributed by atoms with Crippen LogP contribution in [0.15, 0.2) is 72.8 Å². The zero-order valence-electron chi connectivity index (χ0n) is 15.2. The molecular formula is C22H18N4O2. The monoisotopic (exact) mass is 370 g/mol. The van der Waals surface area contributed by atoms with Gasteiger partial charge in [-0.15, -0.1) is 0 Å². The van der Waals surface area contributed by atoms with Crippen LogP contribution < -0.4 is 11.1 Å². The Hall–Kier alpha value is -3.93. The van der Waals surface area contributed by atoms with Gasteiger partial charge in [0, 0.05) is 29.2 Å². The Labute approximate surface area is 161 Å². The predicted molar refractivity (Wildman–Crippen MR) is 110 cm³/mol. The summed E-state index contributed by atoms with van der Waals surface area (Å²) >= 11 is 0. The van der Waals surface area contributed by atoms with Crippen LogP contribution in [0.1, 0.15) is 27.8 Å². The minimum absolute atomic E-state index is 0.137. The topological polar surface area (TPSA) is 90.0 Å². The molecule has 3 aromatic carbocycles. The number of fused-ring (bicyclic) bond motifs is 1. The SMILES string of the molecule is CC(=O)c1nn(-c2ccccc2)c2ccc(NC(=O)c3ccc(N)cc3)cc12. The molecule has 0 aliphatic heterocycles. The van der Waals surface area contributed by atoms with Crippen LogP contribution in [0.25, 0.3) is 16.6 Å². The van der Waals surface area contributed by atoms with Gasteiger partial charge in [0.05, 0.1) is 11.2 Å². The number of amides is 1. The van der Waals surface area contributed by atoms with Gasteiger partial charge in [0.1, 0.15) is 5.69 Å². The van der Waals surface area contributed by atoms with Gasteiger partial charge in [-0.2, -0.15) is 5.10 Å². The zero-order chi connectivity index (χ0) is 19.7. The Kier molecular flexibility index (Phi) is 4.37. The molecule has 1 heterocycles. The number of nitrogens with one attached hydrogen (secondary N) is 1. The molecule has 0 radical (unpaired) electrons. The second-order valence-corrected chi connectivity index (χ2v) is 6.46. The maximum Gasteiger partial charge on any atom is 0.255 e. The predicted octanol–water partition coefficient (Wildman–Crippen LogP) is 4.06. The van der Waals surface area contributed by atoms with Gasteiger partial charge in [-0.05, 0) is 54.6 Å². The molecule has 0 saturated carbocycles. The number of hydrogen-bond donors (Lipinski definition) is 2. The number of ketones is 1. The summed E-state index contributed by atoms with van der Waals surface area (Å²) in [6, 6.07) is 21.7. The lowest BCUT2D eigenvalue weighted by atomic mass is 10.1. The Morgan fingerprint density at radius 1 is 0.964 bits per heavy atom. The van der Waals surface area contributed by atoms with Crippen molar-refractivity contribution in [3.8, 4) is 5.69 Å². The quantitative estimate of drug-likeness (QED) is 0.419. The number of anilines is 2. The largest absolute Gasteiger partial charge is 0.399 e. The van der Waals surface area contributed by atoms with Crippen molar-refractivity contribution in [2.45, 2.75) is 6.92 Å². The van der Waals surface area contributed by atoms with Gasteiger partial charge in [0.15, 0.2) is 5.78 Å². The molecule has 1 amide bonds. The molecule has 0 unspecified atom stereocenters. The number of rotatable bonds is 4. The van der Waals surface area contributed by atoms with E-state index in [1.165, 1.54) is 6.92 Å². The number of carbonyl (C=O) groups excluding carboxylic acids is 2. The van der Waals surface area contributed by atoms with Gasteiger partial charge >= 0.3 is 0 Å². The highest BCUT2D eigenvalue weighted by Crippen LogP contribution is 2.26. The average molecular weight is 370 g/mol. The van der Waals surface area contributed by atoms with Crippen LogP contribution >= 0.6 is 0 Å². The molecule has 28 heavy (non-hydrogen) atoms. The summed E-state index contributed by atoms with van der Waals surface area (Å²) < 4.78 is 1.73. The average Bonchev–Trinajstić information content (AvgIpc) is 3.08. The molecule has 6 heteroatoms. The molecule has 0 aliphatic carbocycles. The molecule has 0 bridgehead atoms. The van der Waals surface area contributed by atoms with Crippen molar-refractivity contribution in [1.82, 2.24) is 9.78 Å². The maximum atomic E-state index is 12.5. The van der Waals surface area contributed by atoms with Gasteiger partial charge in [0.25, 0.3) is 5.91 Å². The first-order chi connectivity index (χ1) is 13.5. The molecule has 0 saturated heterocycles. The number of benzene rings is 3. The third-order valence-corrected chi connectivity index (χ3v) is 4.44. The molecule has 6 nitrogen and oxygen atoms in total. The molecule has 1 aromatic heterocycles. The first-order valence-corrected chi connectivity index (χ1v) is 8.79. The van der Waals surface area contributed by atoms with E-state index in [4.69, 9.17) is 5.73 Å². The van der Waals surface area contributed by atoms with Crippen LogP contribution in [0.2, 0.25) is 0 Å². The molecule has 0 atom stereocenters. The summed E-state index contributed by atoms with van der Waals surface area (Å²) in [4.78, 5) is 24.6. The summed E-state index contributed by atoms with van der Waals surface area (Å²) in [5.74, 6) is -0.388. The number of hydrogen-bond acceptors (Lipinski definition) is 4. The summed E-state index contributed by atoms with van der Waals surface area (Å²) in [5, 5.41) is 8.03. The van der Waals surface area contributed by atoms with E-state index in [0.717, 1.165) is 11.2 Å². The van der Waals surface area contributed by atoms with Gasteiger partial charge in [-0.1, -0.05) is 18.2 Å². The van der Waals surface area contributed by atoms with Crippen LogP contribution in [0.5, 0.6) is 0 Å². The van der Waals surface area contributed by atoms with Gasteiger partial charge in [-0.25, -0.2) is 4.68 Å². The number of nitrogens with two attached hydrogens (primary N) is 1. The minimum atomic E-state index is -0.251. The lowest BCUT2D eigenvalue weighted by Gasteiger charge is -2.07. The highest BCUT2D eigenvalue weighted by Gasteiger charge is 2.16. The van der Waals surface area contributed by atoms with Crippen LogP contribution in [0.3, 0.4) is 0 Å². The number of Topliss-reactive ketones (excluding diaryl/α,β-unsaturated/α-hetero) is 1. The highest BCUT2D eigenvalue weighted by atomic mass is 16.1. The van der Waals surface area contributed by atoms with E-state index in [2.05, 4.69) is 10.4 Å². The van der Waals surface area contributed by atoms with E-state index < -0.39 is 0 Å². The first-order valence-electron chi connectivity index (χ1n) is 8.79. The van der Waals surface area contributed by atoms with Crippen LogP contribution in [0, 0.1) is 0 Å². The van der Waals surface area contributed by atoms with Gasteiger partial charge < -0.3 is 11.1 Å². The van der Waals surface area contributed by atoms with E-state index in [1.54, 1.807) is 41.1 Å². The second kappa shape index (κ2) is 7.00. The number of nitrogen functional groups attached to an aromatic ring is 1.